The van der Waals surface area contributed by atoms with Crippen LogP contribution < -0.4 is 5.32 Å². The standard InChI is InChI=1S/C14H12F2N4O2/c1-8-19-10(7-18-22)5-13(20-8)14(21)17-6-9-2-3-11(15)12(16)4-9/h2-5H,6-7H2,1H3,(H,17,21). The highest BCUT2D eigenvalue weighted by Gasteiger charge is 2.11. The van der Waals surface area contributed by atoms with Crippen molar-refractivity contribution in [2.24, 2.45) is 5.18 Å². The summed E-state index contributed by atoms with van der Waals surface area (Å²) in [5.74, 6) is -2.11. The van der Waals surface area contributed by atoms with Crippen LogP contribution in [0.5, 0.6) is 0 Å². The number of nitroso groups, excluding NO2 is 1. The second-order valence-electron chi connectivity index (χ2n) is 4.51. The van der Waals surface area contributed by atoms with Crippen LogP contribution in [0.15, 0.2) is 29.4 Å². The molecule has 6 nitrogen and oxygen atoms in total. The highest BCUT2D eigenvalue weighted by Crippen LogP contribution is 2.09. The molecule has 8 heteroatoms. The molecular formula is C14H12F2N4O2. The van der Waals surface area contributed by atoms with Gasteiger partial charge >= 0.3 is 0 Å². The number of hydrogen-bond acceptors (Lipinski definition) is 5. The van der Waals surface area contributed by atoms with Gasteiger partial charge in [-0.05, 0) is 30.7 Å². The van der Waals surface area contributed by atoms with Gasteiger partial charge in [0.05, 0.1) is 5.69 Å². The fourth-order valence-electron chi connectivity index (χ4n) is 1.82. The lowest BCUT2D eigenvalue weighted by atomic mass is 10.2. The minimum absolute atomic E-state index is 0.0142. The van der Waals surface area contributed by atoms with E-state index in [0.717, 1.165) is 12.1 Å². The number of carbonyl (C=O) groups excluding carboxylic acids is 1. The van der Waals surface area contributed by atoms with Gasteiger partial charge in [-0.3, -0.25) is 4.79 Å². The number of nitrogens with zero attached hydrogens (tertiary/aromatic N) is 3. The molecule has 0 spiro atoms. The van der Waals surface area contributed by atoms with Crippen molar-refractivity contribution < 1.29 is 13.6 Å². The Morgan fingerprint density at radius 1 is 1.23 bits per heavy atom. The number of hydrogen-bond donors (Lipinski definition) is 1. The first-order valence-corrected chi connectivity index (χ1v) is 6.35. The summed E-state index contributed by atoms with van der Waals surface area (Å²) in [5.41, 5.74) is 0.821. The van der Waals surface area contributed by atoms with Crippen molar-refractivity contribution in [2.75, 3.05) is 0 Å². The summed E-state index contributed by atoms with van der Waals surface area (Å²) in [6, 6.07) is 4.71. The Bertz CT molecular complexity index is 722. The number of amides is 1. The number of nitrogens with one attached hydrogen (secondary N) is 1. The fourth-order valence-corrected chi connectivity index (χ4v) is 1.82. The van der Waals surface area contributed by atoms with E-state index in [2.05, 4.69) is 20.5 Å². The molecule has 1 heterocycles. The average molecular weight is 306 g/mol. The number of rotatable bonds is 5. The number of benzene rings is 1. The van der Waals surface area contributed by atoms with E-state index >= 15 is 0 Å². The van der Waals surface area contributed by atoms with E-state index in [1.54, 1.807) is 6.92 Å². The zero-order chi connectivity index (χ0) is 16.1. The van der Waals surface area contributed by atoms with E-state index in [1.807, 2.05) is 0 Å². The minimum Gasteiger partial charge on any atom is -0.347 e. The van der Waals surface area contributed by atoms with Gasteiger partial charge in [0.15, 0.2) is 11.6 Å². The van der Waals surface area contributed by atoms with Crippen molar-refractivity contribution in [2.45, 2.75) is 20.0 Å². The topological polar surface area (TPSA) is 84.3 Å². The monoisotopic (exact) mass is 306 g/mol. The van der Waals surface area contributed by atoms with Crippen molar-refractivity contribution in [1.82, 2.24) is 15.3 Å². The summed E-state index contributed by atoms with van der Waals surface area (Å²) >= 11 is 0. The first kappa shape index (κ1) is 15.6. The molecule has 114 valence electrons. The molecule has 0 aliphatic rings. The van der Waals surface area contributed by atoms with Gasteiger partial charge in [-0.25, -0.2) is 18.7 Å². The van der Waals surface area contributed by atoms with E-state index in [0.29, 0.717) is 17.1 Å². The predicted octanol–water partition coefficient (Wildman–Crippen LogP) is 2.26. The summed E-state index contributed by atoms with van der Waals surface area (Å²) in [5, 5.41) is 5.24. The zero-order valence-corrected chi connectivity index (χ0v) is 11.6. The maximum atomic E-state index is 13.1. The van der Waals surface area contributed by atoms with E-state index in [4.69, 9.17) is 0 Å². The van der Waals surface area contributed by atoms with Crippen LogP contribution in [0.2, 0.25) is 0 Å². The highest BCUT2D eigenvalue weighted by atomic mass is 19.2. The van der Waals surface area contributed by atoms with Crippen molar-refractivity contribution in [1.29, 1.82) is 0 Å². The minimum atomic E-state index is -0.982. The van der Waals surface area contributed by atoms with Gasteiger partial charge in [-0.2, -0.15) is 4.91 Å². The quantitative estimate of drug-likeness (QED) is 0.859. The largest absolute Gasteiger partial charge is 0.347 e. The average Bonchev–Trinajstić information content (AvgIpc) is 2.48. The molecule has 1 amide bonds. The van der Waals surface area contributed by atoms with Crippen LogP contribution >= 0.6 is 0 Å². The third kappa shape index (κ3) is 3.87. The smallest absolute Gasteiger partial charge is 0.270 e. The van der Waals surface area contributed by atoms with Crippen LogP contribution in [0.1, 0.15) is 27.6 Å². The van der Waals surface area contributed by atoms with Gasteiger partial charge in [0, 0.05) is 6.54 Å². The molecule has 1 aromatic carbocycles. The molecule has 2 aromatic rings. The second kappa shape index (κ2) is 6.79. The molecule has 0 aliphatic carbocycles. The lowest BCUT2D eigenvalue weighted by Gasteiger charge is -2.07. The van der Waals surface area contributed by atoms with Crippen LogP contribution in [0.25, 0.3) is 0 Å². The molecule has 2 rings (SSSR count). The van der Waals surface area contributed by atoms with Crippen LogP contribution in [0, 0.1) is 23.5 Å². The Hall–Kier alpha value is -2.77. The highest BCUT2D eigenvalue weighted by molar-refractivity contribution is 5.92. The van der Waals surface area contributed by atoms with Crippen LogP contribution in [-0.4, -0.2) is 15.9 Å². The Kier molecular flexibility index (Phi) is 4.82. The van der Waals surface area contributed by atoms with Crippen LogP contribution in [-0.2, 0) is 13.1 Å². The number of carbonyl (C=O) groups is 1. The second-order valence-corrected chi connectivity index (χ2v) is 4.51. The maximum absolute atomic E-state index is 13.1. The summed E-state index contributed by atoms with van der Waals surface area (Å²) in [7, 11) is 0. The summed E-state index contributed by atoms with van der Waals surface area (Å²) in [4.78, 5) is 30.2. The number of aryl methyl sites for hydroxylation is 1. The van der Waals surface area contributed by atoms with E-state index in [-0.39, 0.29) is 18.8 Å². The first-order chi connectivity index (χ1) is 10.5. The fraction of sp³-hybridized carbons (Fsp3) is 0.214. The van der Waals surface area contributed by atoms with Crippen molar-refractivity contribution in [3.63, 3.8) is 0 Å². The van der Waals surface area contributed by atoms with Gasteiger partial charge in [0.1, 0.15) is 18.1 Å². The molecule has 1 aromatic heterocycles. The zero-order valence-electron chi connectivity index (χ0n) is 11.6. The molecule has 0 bridgehead atoms. The lowest BCUT2D eigenvalue weighted by Crippen LogP contribution is -2.24. The summed E-state index contributed by atoms with van der Waals surface area (Å²) in [6.45, 7) is 1.44. The van der Waals surface area contributed by atoms with E-state index < -0.39 is 17.5 Å². The van der Waals surface area contributed by atoms with E-state index in [1.165, 1.54) is 12.1 Å². The Morgan fingerprint density at radius 3 is 2.68 bits per heavy atom. The van der Waals surface area contributed by atoms with Crippen LogP contribution in [0.3, 0.4) is 0 Å². The Balaban J connectivity index is 2.08. The molecule has 0 radical (unpaired) electrons. The Labute approximate surface area is 124 Å². The van der Waals surface area contributed by atoms with Gasteiger partial charge in [-0.15, -0.1) is 0 Å². The molecule has 0 unspecified atom stereocenters. The molecular weight excluding hydrogens is 294 g/mol. The Morgan fingerprint density at radius 2 is 2.00 bits per heavy atom. The predicted molar refractivity (Wildman–Crippen MR) is 73.8 cm³/mol. The number of aromatic nitrogens is 2. The summed E-state index contributed by atoms with van der Waals surface area (Å²) in [6.07, 6.45) is 0. The van der Waals surface area contributed by atoms with Crippen LogP contribution in [0.4, 0.5) is 8.78 Å². The molecule has 0 atom stereocenters. The third-order valence-electron chi connectivity index (χ3n) is 2.79. The third-order valence-corrected chi connectivity index (χ3v) is 2.79. The molecule has 22 heavy (non-hydrogen) atoms. The molecule has 1 N–H and O–H groups in total. The molecule has 0 aliphatic heterocycles. The lowest BCUT2D eigenvalue weighted by molar-refractivity contribution is 0.0945. The molecule has 0 saturated heterocycles. The molecule has 0 fully saturated rings. The number of halogens is 2. The van der Waals surface area contributed by atoms with Crippen molar-refractivity contribution in [3.8, 4) is 0 Å². The summed E-state index contributed by atoms with van der Waals surface area (Å²) < 4.78 is 25.9. The van der Waals surface area contributed by atoms with Gasteiger partial charge in [-0.1, -0.05) is 11.2 Å². The maximum Gasteiger partial charge on any atom is 0.270 e. The molecule has 0 saturated carbocycles. The SMILES string of the molecule is Cc1nc(CN=O)cc(C(=O)NCc2ccc(F)c(F)c2)n1. The first-order valence-electron chi connectivity index (χ1n) is 6.35. The van der Waals surface area contributed by atoms with Crippen molar-refractivity contribution >= 4 is 5.91 Å². The normalized spacial score (nSPS) is 10.3. The van der Waals surface area contributed by atoms with Crippen molar-refractivity contribution in [3.05, 3.63) is 63.6 Å². The van der Waals surface area contributed by atoms with Gasteiger partial charge in [0.2, 0.25) is 0 Å². The van der Waals surface area contributed by atoms with Gasteiger partial charge < -0.3 is 5.32 Å². The van der Waals surface area contributed by atoms with Gasteiger partial charge in [0.25, 0.3) is 5.91 Å². The van der Waals surface area contributed by atoms with E-state index in [9.17, 15) is 18.5 Å².